The maximum absolute atomic E-state index is 11.1. The van der Waals surface area contributed by atoms with Crippen LogP contribution in [0.1, 0.15) is 0 Å². The number of esters is 1. The minimum Gasteiger partial charge on any atom is -0.426 e. The second-order valence-electron chi connectivity index (χ2n) is 3.50. The van der Waals surface area contributed by atoms with Crippen LogP contribution >= 0.6 is 15.9 Å². The largest absolute Gasteiger partial charge is 0.426 e. The summed E-state index contributed by atoms with van der Waals surface area (Å²) in [5.41, 5.74) is 2.25. The molecule has 86 valence electrons. The molecule has 0 aliphatic rings. The van der Waals surface area contributed by atoms with Crippen molar-refractivity contribution in [2.75, 3.05) is 5.33 Å². The first-order chi connectivity index (χ1) is 8.29. The Morgan fingerprint density at radius 1 is 0.941 bits per heavy atom. The Labute approximate surface area is 108 Å². The molecule has 2 aromatic carbocycles. The van der Waals surface area contributed by atoms with Gasteiger partial charge in [-0.15, -0.1) is 0 Å². The second-order valence-corrected chi connectivity index (χ2v) is 4.06. The highest BCUT2D eigenvalue weighted by Gasteiger charge is 2.02. The zero-order valence-electron chi connectivity index (χ0n) is 9.10. The Bertz CT molecular complexity index is 491. The molecule has 0 unspecified atom stereocenters. The highest BCUT2D eigenvalue weighted by molar-refractivity contribution is 9.09. The normalized spacial score (nSPS) is 9.94. The summed E-state index contributed by atoms with van der Waals surface area (Å²) in [6.45, 7) is 0. The lowest BCUT2D eigenvalue weighted by atomic mass is 10.1. The highest BCUT2D eigenvalue weighted by Crippen LogP contribution is 2.22. The number of hydrogen-bond donors (Lipinski definition) is 0. The van der Waals surface area contributed by atoms with Crippen molar-refractivity contribution in [2.45, 2.75) is 0 Å². The van der Waals surface area contributed by atoms with E-state index in [0.717, 1.165) is 11.1 Å². The quantitative estimate of drug-likeness (QED) is 0.490. The van der Waals surface area contributed by atoms with Crippen LogP contribution in [-0.4, -0.2) is 11.3 Å². The van der Waals surface area contributed by atoms with E-state index < -0.39 is 0 Å². The zero-order chi connectivity index (χ0) is 12.1. The molecular formula is C14H11BrO2. The molecular weight excluding hydrogens is 280 g/mol. The molecule has 0 spiro atoms. The number of hydrogen-bond acceptors (Lipinski definition) is 2. The molecule has 0 N–H and O–H groups in total. The molecule has 0 aliphatic carbocycles. The summed E-state index contributed by atoms with van der Waals surface area (Å²) < 4.78 is 5.07. The number of rotatable bonds is 3. The van der Waals surface area contributed by atoms with Crippen LogP contribution in [0.15, 0.2) is 54.6 Å². The Balaban J connectivity index is 2.16. The third-order valence-corrected chi connectivity index (χ3v) is 2.76. The molecule has 0 heterocycles. The second kappa shape index (κ2) is 5.64. The molecule has 0 saturated heterocycles. The molecule has 0 fully saturated rings. The average molecular weight is 291 g/mol. The van der Waals surface area contributed by atoms with Gasteiger partial charge in [0.2, 0.25) is 0 Å². The molecule has 2 aromatic rings. The van der Waals surface area contributed by atoms with Crippen LogP contribution in [0.25, 0.3) is 11.1 Å². The SMILES string of the molecule is O=C(CBr)Oc1ccc(-c2ccccc2)cc1. The Hall–Kier alpha value is -1.61. The van der Waals surface area contributed by atoms with Crippen LogP contribution in [0.5, 0.6) is 5.75 Å². The fourth-order valence-electron chi connectivity index (χ4n) is 1.50. The molecule has 0 aromatic heterocycles. The summed E-state index contributed by atoms with van der Waals surface area (Å²) in [5, 5.41) is 0.202. The van der Waals surface area contributed by atoms with Gasteiger partial charge >= 0.3 is 5.97 Å². The Kier molecular flexibility index (Phi) is 3.94. The van der Waals surface area contributed by atoms with Crippen molar-refractivity contribution in [1.82, 2.24) is 0 Å². The first-order valence-corrected chi connectivity index (χ1v) is 6.34. The molecule has 0 aliphatic heterocycles. The van der Waals surface area contributed by atoms with E-state index in [0.29, 0.717) is 5.75 Å². The van der Waals surface area contributed by atoms with Crippen LogP contribution < -0.4 is 4.74 Å². The van der Waals surface area contributed by atoms with Gasteiger partial charge in [-0.25, -0.2) is 0 Å². The fourth-order valence-corrected chi connectivity index (χ4v) is 1.62. The van der Waals surface area contributed by atoms with Crippen LogP contribution in [0.3, 0.4) is 0 Å². The fraction of sp³-hybridized carbons (Fsp3) is 0.0714. The molecule has 0 amide bonds. The van der Waals surface area contributed by atoms with Crippen LogP contribution in [-0.2, 0) is 4.79 Å². The van der Waals surface area contributed by atoms with Crippen LogP contribution in [0.4, 0.5) is 0 Å². The molecule has 0 saturated carbocycles. The summed E-state index contributed by atoms with van der Waals surface area (Å²) >= 11 is 3.05. The minimum atomic E-state index is -0.294. The van der Waals surface area contributed by atoms with Crippen molar-refractivity contribution < 1.29 is 9.53 Å². The molecule has 2 rings (SSSR count). The van der Waals surface area contributed by atoms with Gasteiger partial charge in [0, 0.05) is 0 Å². The number of ether oxygens (including phenoxy) is 1. The number of alkyl halides is 1. The summed E-state index contributed by atoms with van der Waals surface area (Å²) in [6, 6.07) is 17.5. The van der Waals surface area contributed by atoms with Crippen LogP contribution in [0, 0.1) is 0 Å². The van der Waals surface area contributed by atoms with E-state index in [2.05, 4.69) is 15.9 Å². The summed E-state index contributed by atoms with van der Waals surface area (Å²) in [6.07, 6.45) is 0. The topological polar surface area (TPSA) is 26.3 Å². The monoisotopic (exact) mass is 290 g/mol. The van der Waals surface area contributed by atoms with Crippen molar-refractivity contribution >= 4 is 21.9 Å². The molecule has 0 atom stereocenters. The molecule has 2 nitrogen and oxygen atoms in total. The van der Waals surface area contributed by atoms with Crippen molar-refractivity contribution in [3.63, 3.8) is 0 Å². The van der Waals surface area contributed by atoms with Crippen molar-refractivity contribution in [1.29, 1.82) is 0 Å². The van der Waals surface area contributed by atoms with Gasteiger partial charge in [0.15, 0.2) is 0 Å². The van der Waals surface area contributed by atoms with Gasteiger partial charge in [0.1, 0.15) is 11.1 Å². The number of carbonyl (C=O) groups excluding carboxylic acids is 1. The van der Waals surface area contributed by atoms with Gasteiger partial charge in [0.25, 0.3) is 0 Å². The Morgan fingerprint density at radius 3 is 2.12 bits per heavy atom. The van der Waals surface area contributed by atoms with Gasteiger partial charge in [-0.1, -0.05) is 58.4 Å². The van der Waals surface area contributed by atoms with Gasteiger partial charge in [0.05, 0.1) is 0 Å². The molecule has 0 radical (unpaired) electrons. The standard InChI is InChI=1S/C14H11BrO2/c15-10-14(16)17-13-8-6-12(7-9-13)11-4-2-1-3-5-11/h1-9H,10H2. The average Bonchev–Trinajstić information content (AvgIpc) is 2.40. The number of benzene rings is 2. The highest BCUT2D eigenvalue weighted by atomic mass is 79.9. The molecule has 0 bridgehead atoms. The predicted octanol–water partition coefficient (Wildman–Crippen LogP) is 3.65. The Morgan fingerprint density at radius 2 is 1.53 bits per heavy atom. The third kappa shape index (κ3) is 3.17. The van der Waals surface area contributed by atoms with Crippen LogP contribution in [0.2, 0.25) is 0 Å². The number of carbonyl (C=O) groups is 1. The first kappa shape index (κ1) is 11.9. The van der Waals surface area contributed by atoms with Crippen molar-refractivity contribution in [3.8, 4) is 16.9 Å². The van der Waals surface area contributed by atoms with Gasteiger partial charge in [-0.2, -0.15) is 0 Å². The van der Waals surface area contributed by atoms with Gasteiger partial charge in [-0.05, 0) is 23.3 Å². The van der Waals surface area contributed by atoms with E-state index in [4.69, 9.17) is 4.74 Å². The predicted molar refractivity (Wildman–Crippen MR) is 71.3 cm³/mol. The van der Waals surface area contributed by atoms with E-state index in [1.807, 2.05) is 42.5 Å². The zero-order valence-corrected chi connectivity index (χ0v) is 10.7. The summed E-state index contributed by atoms with van der Waals surface area (Å²) in [5.74, 6) is 0.270. The lowest BCUT2D eigenvalue weighted by Gasteiger charge is -2.04. The van der Waals surface area contributed by atoms with E-state index in [1.165, 1.54) is 0 Å². The minimum absolute atomic E-state index is 0.202. The molecule has 3 heteroatoms. The van der Waals surface area contributed by atoms with Gasteiger partial charge in [-0.3, -0.25) is 4.79 Å². The van der Waals surface area contributed by atoms with E-state index in [9.17, 15) is 4.79 Å². The lowest BCUT2D eigenvalue weighted by molar-refractivity contribution is -0.131. The van der Waals surface area contributed by atoms with E-state index in [1.54, 1.807) is 12.1 Å². The third-order valence-electron chi connectivity index (χ3n) is 2.30. The molecule has 17 heavy (non-hydrogen) atoms. The first-order valence-electron chi connectivity index (χ1n) is 5.22. The van der Waals surface area contributed by atoms with E-state index >= 15 is 0 Å². The van der Waals surface area contributed by atoms with Crippen molar-refractivity contribution in [3.05, 3.63) is 54.6 Å². The maximum atomic E-state index is 11.1. The lowest BCUT2D eigenvalue weighted by Crippen LogP contribution is -2.08. The summed E-state index contributed by atoms with van der Waals surface area (Å²) in [4.78, 5) is 11.1. The van der Waals surface area contributed by atoms with Gasteiger partial charge < -0.3 is 4.74 Å². The van der Waals surface area contributed by atoms with Crippen molar-refractivity contribution in [2.24, 2.45) is 0 Å². The smallest absolute Gasteiger partial charge is 0.321 e. The maximum Gasteiger partial charge on any atom is 0.321 e. The number of halogens is 1. The summed E-state index contributed by atoms with van der Waals surface area (Å²) in [7, 11) is 0. The van der Waals surface area contributed by atoms with E-state index in [-0.39, 0.29) is 11.3 Å².